The Bertz CT molecular complexity index is 1090. The molecule has 0 aliphatic carbocycles. The first kappa shape index (κ1) is 22.4. The third kappa shape index (κ3) is 4.59. The number of hydrogen-bond acceptors (Lipinski definition) is 3. The van der Waals surface area contributed by atoms with Gasteiger partial charge in [0.05, 0.1) is 23.1 Å². The molecule has 166 valence electrons. The van der Waals surface area contributed by atoms with Crippen molar-refractivity contribution in [1.29, 1.82) is 0 Å². The van der Waals surface area contributed by atoms with Gasteiger partial charge < -0.3 is 5.32 Å². The highest BCUT2D eigenvalue weighted by atomic mass is 19.4. The molecule has 11 heteroatoms. The van der Waals surface area contributed by atoms with Crippen molar-refractivity contribution in [1.82, 2.24) is 19.6 Å². The third-order valence-electron chi connectivity index (χ3n) is 4.57. The van der Waals surface area contributed by atoms with E-state index >= 15 is 0 Å². The summed E-state index contributed by atoms with van der Waals surface area (Å²) in [6, 6.07) is 6.37. The molecule has 0 fully saturated rings. The van der Waals surface area contributed by atoms with Crippen molar-refractivity contribution < 1.29 is 26.7 Å². The first-order chi connectivity index (χ1) is 14.3. The topological polar surface area (TPSA) is 64.7 Å². The maximum absolute atomic E-state index is 13.8. The number of anilines is 1. The van der Waals surface area contributed by atoms with Crippen molar-refractivity contribution in [3.63, 3.8) is 0 Å². The SMILES string of the molecule is Cn1cc(C(=O)Nc2cnn(-c3ccc(C(C)(C)C)cc3)c2C(F)(F)F)c(C(F)F)n1. The number of nitrogens with one attached hydrogen (secondary N) is 1. The van der Waals surface area contributed by atoms with Gasteiger partial charge in [0.2, 0.25) is 0 Å². The summed E-state index contributed by atoms with van der Waals surface area (Å²) in [5.41, 5.74) is -2.36. The van der Waals surface area contributed by atoms with E-state index in [1.807, 2.05) is 26.1 Å². The van der Waals surface area contributed by atoms with Gasteiger partial charge in [-0.2, -0.15) is 23.4 Å². The molecular weight excluding hydrogens is 421 g/mol. The Labute approximate surface area is 174 Å². The molecule has 1 N–H and O–H groups in total. The molecule has 0 aliphatic heterocycles. The van der Waals surface area contributed by atoms with Crippen LogP contribution in [0.3, 0.4) is 0 Å². The second-order valence-corrected chi connectivity index (χ2v) is 7.97. The monoisotopic (exact) mass is 441 g/mol. The maximum atomic E-state index is 13.8. The second-order valence-electron chi connectivity index (χ2n) is 7.97. The van der Waals surface area contributed by atoms with Gasteiger partial charge in [-0.25, -0.2) is 13.5 Å². The van der Waals surface area contributed by atoms with Crippen molar-refractivity contribution in [2.45, 2.75) is 38.8 Å². The first-order valence-electron chi connectivity index (χ1n) is 9.18. The molecule has 0 radical (unpaired) electrons. The standard InChI is InChI=1S/C20H20F5N5O/c1-19(2,3)11-5-7-12(8-6-11)30-16(20(23,24)25)14(9-26-30)27-18(31)13-10-29(4)28-15(13)17(21)22/h5-10,17H,1-4H3,(H,27,31). The molecule has 0 atom stereocenters. The predicted octanol–water partition coefficient (Wildman–Crippen LogP) is 5.11. The highest BCUT2D eigenvalue weighted by Gasteiger charge is 2.39. The molecule has 2 aromatic heterocycles. The van der Waals surface area contributed by atoms with Crippen molar-refractivity contribution in [3.05, 3.63) is 59.2 Å². The fraction of sp³-hybridized carbons (Fsp3) is 0.350. The number of aryl methyl sites for hydroxylation is 1. The molecule has 0 unspecified atom stereocenters. The van der Waals surface area contributed by atoms with Crippen LogP contribution in [0.4, 0.5) is 27.6 Å². The van der Waals surface area contributed by atoms with E-state index in [4.69, 9.17) is 0 Å². The van der Waals surface area contributed by atoms with E-state index in [1.165, 1.54) is 19.2 Å². The minimum Gasteiger partial charge on any atom is -0.319 e. The van der Waals surface area contributed by atoms with Crippen LogP contribution in [-0.2, 0) is 18.6 Å². The van der Waals surface area contributed by atoms with Crippen LogP contribution in [0.15, 0.2) is 36.7 Å². The average Bonchev–Trinajstić information content (AvgIpc) is 3.24. The quantitative estimate of drug-likeness (QED) is 0.572. The van der Waals surface area contributed by atoms with Gasteiger partial charge in [0, 0.05) is 13.2 Å². The summed E-state index contributed by atoms with van der Waals surface area (Å²) in [4.78, 5) is 12.4. The van der Waals surface area contributed by atoms with Gasteiger partial charge in [0.15, 0.2) is 5.69 Å². The number of amides is 1. The maximum Gasteiger partial charge on any atom is 0.435 e. The van der Waals surface area contributed by atoms with E-state index in [0.717, 1.165) is 22.6 Å². The van der Waals surface area contributed by atoms with E-state index in [0.29, 0.717) is 4.68 Å². The van der Waals surface area contributed by atoms with Crippen molar-refractivity contribution >= 4 is 11.6 Å². The lowest BCUT2D eigenvalue weighted by atomic mass is 9.87. The molecule has 31 heavy (non-hydrogen) atoms. The molecular formula is C20H20F5N5O. The highest BCUT2D eigenvalue weighted by molar-refractivity contribution is 6.05. The van der Waals surface area contributed by atoms with Crippen molar-refractivity contribution in [3.8, 4) is 5.69 Å². The summed E-state index contributed by atoms with van der Waals surface area (Å²) < 4.78 is 69.3. The lowest BCUT2D eigenvalue weighted by molar-refractivity contribution is -0.142. The molecule has 1 aromatic carbocycles. The van der Waals surface area contributed by atoms with Crippen LogP contribution in [0.1, 0.15) is 54.5 Å². The number of nitrogens with zero attached hydrogens (tertiary/aromatic N) is 4. The molecule has 1 amide bonds. The van der Waals surface area contributed by atoms with Crippen LogP contribution in [-0.4, -0.2) is 25.5 Å². The van der Waals surface area contributed by atoms with Gasteiger partial charge >= 0.3 is 6.18 Å². The summed E-state index contributed by atoms with van der Waals surface area (Å²) >= 11 is 0. The summed E-state index contributed by atoms with van der Waals surface area (Å²) in [6.45, 7) is 5.91. The van der Waals surface area contributed by atoms with Gasteiger partial charge in [0.1, 0.15) is 5.69 Å². The summed E-state index contributed by atoms with van der Waals surface area (Å²) in [5.74, 6) is -1.14. The Morgan fingerprint density at radius 2 is 1.71 bits per heavy atom. The Morgan fingerprint density at radius 3 is 2.23 bits per heavy atom. The van der Waals surface area contributed by atoms with Crippen LogP contribution in [0, 0.1) is 0 Å². The highest BCUT2D eigenvalue weighted by Crippen LogP contribution is 2.37. The van der Waals surface area contributed by atoms with E-state index in [9.17, 15) is 26.7 Å². The number of rotatable bonds is 4. The number of benzene rings is 1. The normalized spacial score (nSPS) is 12.5. The zero-order valence-corrected chi connectivity index (χ0v) is 17.1. The van der Waals surface area contributed by atoms with E-state index in [-0.39, 0.29) is 11.1 Å². The van der Waals surface area contributed by atoms with Crippen LogP contribution in [0.5, 0.6) is 0 Å². The third-order valence-corrected chi connectivity index (χ3v) is 4.57. The summed E-state index contributed by atoms with van der Waals surface area (Å²) in [7, 11) is 1.32. The molecule has 0 saturated carbocycles. The fourth-order valence-corrected chi connectivity index (χ4v) is 3.04. The predicted molar refractivity (Wildman–Crippen MR) is 103 cm³/mol. The average molecular weight is 441 g/mol. The molecule has 0 aliphatic rings. The number of carbonyl (C=O) groups excluding carboxylic acids is 1. The molecule has 3 aromatic rings. The number of hydrogen-bond donors (Lipinski definition) is 1. The van der Waals surface area contributed by atoms with Crippen LogP contribution in [0.25, 0.3) is 5.69 Å². The van der Waals surface area contributed by atoms with Gasteiger partial charge in [-0.3, -0.25) is 9.48 Å². The molecule has 0 spiro atoms. The molecule has 3 rings (SSSR count). The minimum atomic E-state index is -4.87. The molecule has 0 saturated heterocycles. The summed E-state index contributed by atoms with van der Waals surface area (Å²) in [5, 5.41) is 9.29. The first-order valence-corrected chi connectivity index (χ1v) is 9.18. The van der Waals surface area contributed by atoms with E-state index in [2.05, 4.69) is 10.2 Å². The molecule has 6 nitrogen and oxygen atoms in total. The van der Waals surface area contributed by atoms with Crippen LogP contribution < -0.4 is 5.32 Å². The molecule has 0 bridgehead atoms. The largest absolute Gasteiger partial charge is 0.435 e. The van der Waals surface area contributed by atoms with Gasteiger partial charge in [0.25, 0.3) is 12.3 Å². The minimum absolute atomic E-state index is 0.135. The lowest BCUT2D eigenvalue weighted by Gasteiger charge is -2.19. The lowest BCUT2D eigenvalue weighted by Crippen LogP contribution is -2.19. The zero-order valence-electron chi connectivity index (χ0n) is 17.1. The molecule has 2 heterocycles. The van der Waals surface area contributed by atoms with Crippen LogP contribution in [0.2, 0.25) is 0 Å². The second kappa shape index (κ2) is 7.78. The Balaban J connectivity index is 2.00. The number of carbonyl (C=O) groups is 1. The smallest absolute Gasteiger partial charge is 0.319 e. The van der Waals surface area contributed by atoms with Gasteiger partial charge in [-0.15, -0.1) is 0 Å². The number of halogens is 5. The van der Waals surface area contributed by atoms with Crippen LogP contribution >= 0.6 is 0 Å². The van der Waals surface area contributed by atoms with E-state index in [1.54, 1.807) is 12.1 Å². The van der Waals surface area contributed by atoms with E-state index < -0.39 is 41.1 Å². The Morgan fingerprint density at radius 1 is 1.10 bits per heavy atom. The Hall–Kier alpha value is -3.24. The van der Waals surface area contributed by atoms with Gasteiger partial charge in [-0.05, 0) is 23.1 Å². The Kier molecular flexibility index (Phi) is 5.64. The van der Waals surface area contributed by atoms with Gasteiger partial charge in [-0.1, -0.05) is 32.9 Å². The number of aromatic nitrogens is 4. The summed E-state index contributed by atoms with van der Waals surface area (Å²) in [6.07, 6.45) is -6.09. The van der Waals surface area contributed by atoms with Crippen molar-refractivity contribution in [2.75, 3.05) is 5.32 Å². The fourth-order valence-electron chi connectivity index (χ4n) is 3.04. The number of alkyl halides is 5. The van der Waals surface area contributed by atoms with Crippen molar-refractivity contribution in [2.24, 2.45) is 7.05 Å². The zero-order chi connectivity index (χ0) is 23.1.